The normalized spacial score (nSPS) is 15.8. The van der Waals surface area contributed by atoms with Crippen LogP contribution in [-0.4, -0.2) is 16.8 Å². The van der Waals surface area contributed by atoms with Gasteiger partial charge >= 0.3 is 5.51 Å². The van der Waals surface area contributed by atoms with Crippen LogP contribution >= 0.6 is 15.9 Å². The Bertz CT molecular complexity index is 460. The van der Waals surface area contributed by atoms with Crippen molar-refractivity contribution in [3.05, 3.63) is 28.7 Å². The smallest absolute Gasteiger partial charge is 0.236 e. The highest BCUT2D eigenvalue weighted by Crippen LogP contribution is 2.32. The number of halogens is 4. The second-order valence-electron chi connectivity index (χ2n) is 2.61. The molecule has 0 aromatic heterocycles. The maximum atomic E-state index is 12.5. The average molecular weight is 302 g/mol. The molecule has 0 radical (unpaired) electrons. The van der Waals surface area contributed by atoms with Gasteiger partial charge in [0.15, 0.2) is 9.73 Å². The zero-order valence-electron chi connectivity index (χ0n) is 7.58. The average Bonchev–Trinajstić information content (AvgIpc) is 2.16. The highest BCUT2D eigenvalue weighted by atomic mass is 79.9. The van der Waals surface area contributed by atoms with Gasteiger partial charge in [-0.25, -0.2) is 8.57 Å². The summed E-state index contributed by atoms with van der Waals surface area (Å²) in [4.78, 5) is -0.333. The van der Waals surface area contributed by atoms with Crippen LogP contribution < -0.4 is 0 Å². The van der Waals surface area contributed by atoms with E-state index in [9.17, 15) is 17.4 Å². The Morgan fingerprint density at radius 1 is 1.27 bits per heavy atom. The second-order valence-corrected chi connectivity index (χ2v) is 5.87. The lowest BCUT2D eigenvalue weighted by atomic mass is 10.4. The third kappa shape index (κ3) is 2.34. The number of alkyl halides is 3. The molecule has 7 heteroatoms. The van der Waals surface area contributed by atoms with Crippen LogP contribution in [0.25, 0.3) is 0 Å². The largest absolute Gasteiger partial charge is 0.483 e. The molecule has 0 N–H and O–H groups in total. The van der Waals surface area contributed by atoms with E-state index in [1.54, 1.807) is 0 Å². The van der Waals surface area contributed by atoms with Crippen LogP contribution in [0.5, 0.6) is 0 Å². The molecule has 0 aliphatic heterocycles. The van der Waals surface area contributed by atoms with Gasteiger partial charge in [0.2, 0.25) is 0 Å². The van der Waals surface area contributed by atoms with Gasteiger partial charge in [-0.05, 0) is 24.3 Å². The summed E-state index contributed by atoms with van der Waals surface area (Å²) in [6, 6.07) is 5.08. The summed E-state index contributed by atoms with van der Waals surface area (Å²) < 4.78 is 52.7. The quantitative estimate of drug-likeness (QED) is 0.781. The van der Waals surface area contributed by atoms with E-state index in [0.717, 1.165) is 19.2 Å². The van der Waals surface area contributed by atoms with Gasteiger partial charge in [-0.3, -0.25) is 0 Å². The van der Waals surface area contributed by atoms with Crippen molar-refractivity contribution < 1.29 is 17.4 Å². The lowest BCUT2D eigenvalue weighted by Gasteiger charge is -2.12. The van der Waals surface area contributed by atoms with Crippen molar-refractivity contribution in [1.29, 1.82) is 0 Å². The highest BCUT2D eigenvalue weighted by molar-refractivity contribution is 9.10. The van der Waals surface area contributed by atoms with Gasteiger partial charge in [0.25, 0.3) is 0 Å². The highest BCUT2D eigenvalue weighted by Gasteiger charge is 2.43. The molecule has 84 valence electrons. The van der Waals surface area contributed by atoms with Crippen LogP contribution in [0.1, 0.15) is 0 Å². The Morgan fingerprint density at radius 3 is 2.07 bits per heavy atom. The molecule has 1 aromatic carbocycles. The molecule has 1 aromatic rings. The number of nitrogens with zero attached hydrogens (tertiary/aromatic N) is 1. The van der Waals surface area contributed by atoms with E-state index in [0.29, 0.717) is 4.47 Å². The maximum absolute atomic E-state index is 12.5. The van der Waals surface area contributed by atoms with Crippen molar-refractivity contribution in [3.63, 3.8) is 0 Å². The second kappa shape index (κ2) is 4.13. The van der Waals surface area contributed by atoms with E-state index >= 15 is 0 Å². The third-order valence-electron chi connectivity index (χ3n) is 1.70. The Hall–Kier alpha value is -0.560. The van der Waals surface area contributed by atoms with E-state index in [-0.39, 0.29) is 4.90 Å². The third-order valence-corrected chi connectivity index (χ3v) is 4.29. The van der Waals surface area contributed by atoms with Crippen molar-refractivity contribution in [2.45, 2.75) is 10.4 Å². The summed E-state index contributed by atoms with van der Waals surface area (Å²) in [7, 11) is -3.43. The first-order valence-corrected chi connectivity index (χ1v) is 6.09. The lowest BCUT2D eigenvalue weighted by Crippen LogP contribution is -2.22. The van der Waals surface area contributed by atoms with Crippen LogP contribution in [0.3, 0.4) is 0 Å². The first kappa shape index (κ1) is 12.5. The van der Waals surface area contributed by atoms with Crippen LogP contribution in [0.4, 0.5) is 13.2 Å². The Morgan fingerprint density at radius 2 is 1.73 bits per heavy atom. The summed E-state index contributed by atoms with van der Waals surface area (Å²) in [5.74, 6) is 0. The summed E-state index contributed by atoms with van der Waals surface area (Å²) >= 11 is 3.08. The van der Waals surface area contributed by atoms with Gasteiger partial charge in [-0.15, -0.1) is 0 Å². The van der Waals surface area contributed by atoms with Gasteiger partial charge in [-0.1, -0.05) is 15.9 Å². The van der Waals surface area contributed by atoms with E-state index in [4.69, 9.17) is 0 Å². The molecular formula is C8H7BrF3NOS. The molecule has 0 amide bonds. The van der Waals surface area contributed by atoms with Crippen molar-refractivity contribution in [2.75, 3.05) is 7.05 Å². The molecule has 0 saturated heterocycles. The molecule has 2 nitrogen and oxygen atoms in total. The van der Waals surface area contributed by atoms with Gasteiger partial charge in [0, 0.05) is 11.5 Å². The van der Waals surface area contributed by atoms with E-state index in [2.05, 4.69) is 20.3 Å². The lowest BCUT2D eigenvalue weighted by molar-refractivity contribution is -0.0403. The standard InChI is InChI=1S/C8H7BrF3NOS/c1-13-15(14,8(10,11)12)7-4-2-6(9)3-5-7/h2-5H,1H3. The predicted octanol–water partition coefficient (Wildman–Crippen LogP) is 3.43. The Balaban J connectivity index is 3.39. The summed E-state index contributed by atoms with van der Waals surface area (Å²) in [5, 5.41) is 0. The molecule has 1 unspecified atom stereocenters. The van der Waals surface area contributed by atoms with Crippen molar-refractivity contribution in [2.24, 2.45) is 4.36 Å². The monoisotopic (exact) mass is 301 g/mol. The van der Waals surface area contributed by atoms with E-state index < -0.39 is 15.2 Å². The number of hydrogen-bond acceptors (Lipinski definition) is 2. The van der Waals surface area contributed by atoms with Gasteiger partial charge in [0.1, 0.15) is 0 Å². The molecule has 1 atom stereocenters. The zero-order chi connectivity index (χ0) is 11.7. The number of hydrogen-bond donors (Lipinski definition) is 0. The van der Waals surface area contributed by atoms with Crippen molar-refractivity contribution in [3.8, 4) is 0 Å². The minimum absolute atomic E-state index is 0.333. The molecule has 0 heterocycles. The zero-order valence-corrected chi connectivity index (χ0v) is 9.99. The molecular weight excluding hydrogens is 295 g/mol. The molecule has 0 saturated carbocycles. The molecule has 0 spiro atoms. The maximum Gasteiger partial charge on any atom is 0.483 e. The summed E-state index contributed by atoms with van der Waals surface area (Å²) in [6.45, 7) is 0. The van der Waals surface area contributed by atoms with E-state index in [1.165, 1.54) is 12.1 Å². The summed E-state index contributed by atoms with van der Waals surface area (Å²) in [6.07, 6.45) is 0. The fourth-order valence-corrected chi connectivity index (χ4v) is 2.42. The van der Waals surface area contributed by atoms with Gasteiger partial charge in [0.05, 0.1) is 4.90 Å². The Labute approximate surface area is 93.8 Å². The molecule has 0 fully saturated rings. The minimum atomic E-state index is -4.85. The fraction of sp³-hybridized carbons (Fsp3) is 0.250. The molecule has 1 rings (SSSR count). The van der Waals surface area contributed by atoms with Crippen molar-refractivity contribution in [1.82, 2.24) is 0 Å². The van der Waals surface area contributed by atoms with Gasteiger partial charge in [-0.2, -0.15) is 13.2 Å². The van der Waals surface area contributed by atoms with E-state index in [1.807, 2.05) is 0 Å². The number of rotatable bonds is 1. The molecule has 0 aliphatic carbocycles. The van der Waals surface area contributed by atoms with Crippen LogP contribution in [0.2, 0.25) is 0 Å². The summed E-state index contributed by atoms with van der Waals surface area (Å²) in [5.41, 5.74) is -4.85. The molecule has 0 bridgehead atoms. The van der Waals surface area contributed by atoms with Crippen LogP contribution in [-0.2, 0) is 9.73 Å². The fourth-order valence-electron chi connectivity index (χ4n) is 0.962. The topological polar surface area (TPSA) is 29.4 Å². The first-order chi connectivity index (χ1) is 6.81. The molecule has 0 aliphatic rings. The van der Waals surface area contributed by atoms with Crippen LogP contribution in [0, 0.1) is 0 Å². The number of benzene rings is 1. The Kier molecular flexibility index (Phi) is 3.44. The first-order valence-electron chi connectivity index (χ1n) is 3.78. The molecule has 15 heavy (non-hydrogen) atoms. The van der Waals surface area contributed by atoms with Gasteiger partial charge < -0.3 is 0 Å². The minimum Gasteiger partial charge on any atom is -0.236 e. The SMILES string of the molecule is CN=S(=O)(c1ccc(Br)cc1)C(F)(F)F. The van der Waals surface area contributed by atoms with Crippen molar-refractivity contribution >= 4 is 25.7 Å². The predicted molar refractivity (Wildman–Crippen MR) is 55.0 cm³/mol. The van der Waals surface area contributed by atoms with Crippen LogP contribution in [0.15, 0.2) is 38.0 Å².